The van der Waals surface area contributed by atoms with Gasteiger partial charge in [0.05, 0.1) is 11.3 Å². The SMILES string of the molecule is O=C(c1ccc(C(F)(F)F)cc1)C1CCCN(C(=O)C=Cc2ccccn2)C1. The highest BCUT2D eigenvalue weighted by molar-refractivity contribution is 5.99. The van der Waals surface area contributed by atoms with E-state index in [0.717, 1.165) is 12.1 Å². The highest BCUT2D eigenvalue weighted by Crippen LogP contribution is 2.30. The van der Waals surface area contributed by atoms with Gasteiger partial charge in [-0.05, 0) is 43.2 Å². The molecule has 1 aromatic heterocycles. The maximum absolute atomic E-state index is 12.7. The van der Waals surface area contributed by atoms with Crippen molar-refractivity contribution in [3.63, 3.8) is 0 Å². The number of ketones is 1. The van der Waals surface area contributed by atoms with Crippen LogP contribution in [0.1, 0.15) is 34.5 Å². The van der Waals surface area contributed by atoms with Gasteiger partial charge in [-0.3, -0.25) is 14.6 Å². The Hall–Kier alpha value is -2.96. The lowest BCUT2D eigenvalue weighted by Gasteiger charge is -2.31. The van der Waals surface area contributed by atoms with Gasteiger partial charge in [-0.1, -0.05) is 18.2 Å². The minimum absolute atomic E-state index is 0.212. The molecule has 3 rings (SSSR count). The van der Waals surface area contributed by atoms with Crippen molar-refractivity contribution in [2.45, 2.75) is 19.0 Å². The van der Waals surface area contributed by atoms with Crippen LogP contribution in [-0.2, 0) is 11.0 Å². The number of carbonyl (C=O) groups excluding carboxylic acids is 2. The Balaban J connectivity index is 1.64. The van der Waals surface area contributed by atoms with E-state index in [-0.39, 0.29) is 23.8 Å². The van der Waals surface area contributed by atoms with Crippen molar-refractivity contribution in [2.24, 2.45) is 5.92 Å². The number of halogens is 3. The highest BCUT2D eigenvalue weighted by Gasteiger charge is 2.32. The molecule has 28 heavy (non-hydrogen) atoms. The van der Waals surface area contributed by atoms with Gasteiger partial charge in [-0.15, -0.1) is 0 Å². The first kappa shape index (κ1) is 19.8. The summed E-state index contributed by atoms with van der Waals surface area (Å²) in [6.07, 6.45) is 1.50. The van der Waals surface area contributed by atoms with Gasteiger partial charge in [0.25, 0.3) is 0 Å². The molecule has 1 unspecified atom stereocenters. The Kier molecular flexibility index (Phi) is 5.92. The third-order valence-electron chi connectivity index (χ3n) is 4.69. The molecule has 0 aliphatic carbocycles. The second-order valence-electron chi connectivity index (χ2n) is 6.65. The maximum Gasteiger partial charge on any atom is 0.416 e. The van der Waals surface area contributed by atoms with E-state index in [4.69, 9.17) is 0 Å². The van der Waals surface area contributed by atoms with Crippen LogP contribution in [0.25, 0.3) is 6.08 Å². The van der Waals surface area contributed by atoms with Gasteiger partial charge in [0.15, 0.2) is 5.78 Å². The van der Waals surface area contributed by atoms with Crippen LogP contribution in [0, 0.1) is 5.92 Å². The van der Waals surface area contributed by atoms with Crippen LogP contribution < -0.4 is 0 Å². The van der Waals surface area contributed by atoms with Crippen LogP contribution in [0.2, 0.25) is 0 Å². The van der Waals surface area contributed by atoms with Crippen LogP contribution in [0.3, 0.4) is 0 Å². The molecule has 1 aromatic carbocycles. The van der Waals surface area contributed by atoms with E-state index >= 15 is 0 Å². The number of rotatable bonds is 4. The molecule has 0 spiro atoms. The van der Waals surface area contributed by atoms with Crippen molar-refractivity contribution in [1.29, 1.82) is 0 Å². The summed E-state index contributed by atoms with van der Waals surface area (Å²) in [6.45, 7) is 0.799. The second kappa shape index (κ2) is 8.37. The predicted molar refractivity (Wildman–Crippen MR) is 98.3 cm³/mol. The Bertz CT molecular complexity index is 861. The molecule has 2 aromatic rings. The predicted octanol–water partition coefficient (Wildman–Crippen LogP) is 4.24. The van der Waals surface area contributed by atoms with Crippen LogP contribution in [0.5, 0.6) is 0 Å². The number of aromatic nitrogens is 1. The van der Waals surface area contributed by atoms with Crippen molar-refractivity contribution >= 4 is 17.8 Å². The average molecular weight is 388 g/mol. The largest absolute Gasteiger partial charge is 0.416 e. The molecule has 0 bridgehead atoms. The van der Waals surface area contributed by atoms with E-state index in [2.05, 4.69) is 4.98 Å². The van der Waals surface area contributed by atoms with E-state index in [1.807, 2.05) is 6.07 Å². The third kappa shape index (κ3) is 4.85. The molecule has 2 heterocycles. The number of Topliss-reactive ketones (excluding diaryl/α,β-unsaturated/α-hetero) is 1. The minimum atomic E-state index is -4.43. The standard InChI is InChI=1S/C21H19F3N2O2/c22-21(23,24)17-8-6-15(7-9-17)20(28)16-4-3-13-26(14-16)19(27)11-10-18-5-1-2-12-25-18/h1-2,5-12,16H,3-4,13-14H2. The van der Waals surface area contributed by atoms with Crippen LogP contribution in [0.4, 0.5) is 13.2 Å². The minimum Gasteiger partial charge on any atom is -0.338 e. The molecule has 1 aliphatic rings. The van der Waals surface area contributed by atoms with Crippen molar-refractivity contribution in [3.05, 3.63) is 71.6 Å². The quantitative estimate of drug-likeness (QED) is 0.582. The number of carbonyl (C=O) groups is 2. The molecule has 1 atom stereocenters. The monoisotopic (exact) mass is 388 g/mol. The summed E-state index contributed by atoms with van der Waals surface area (Å²) in [4.78, 5) is 30.8. The number of amides is 1. The first-order chi connectivity index (χ1) is 13.3. The zero-order chi connectivity index (χ0) is 20.1. The molecule has 1 fully saturated rings. The lowest BCUT2D eigenvalue weighted by atomic mass is 9.89. The third-order valence-corrected chi connectivity index (χ3v) is 4.69. The number of pyridine rings is 1. The maximum atomic E-state index is 12.7. The highest BCUT2D eigenvalue weighted by atomic mass is 19.4. The van der Waals surface area contributed by atoms with Crippen LogP contribution in [0.15, 0.2) is 54.7 Å². The van der Waals surface area contributed by atoms with Gasteiger partial charge in [-0.25, -0.2) is 0 Å². The topological polar surface area (TPSA) is 50.3 Å². The number of piperidine rings is 1. The summed E-state index contributed by atoms with van der Waals surface area (Å²) in [5, 5.41) is 0. The number of nitrogens with zero attached hydrogens (tertiary/aromatic N) is 2. The van der Waals surface area contributed by atoms with E-state index in [1.165, 1.54) is 18.2 Å². The molecule has 7 heteroatoms. The summed E-state index contributed by atoms with van der Waals surface area (Å²) >= 11 is 0. The molecule has 1 amide bonds. The van der Waals surface area contributed by atoms with E-state index in [9.17, 15) is 22.8 Å². The van der Waals surface area contributed by atoms with Crippen molar-refractivity contribution < 1.29 is 22.8 Å². The lowest BCUT2D eigenvalue weighted by Crippen LogP contribution is -2.41. The van der Waals surface area contributed by atoms with Gasteiger partial charge in [0.1, 0.15) is 0 Å². The molecule has 1 aliphatic heterocycles. The Morgan fingerprint density at radius 3 is 2.50 bits per heavy atom. The summed E-state index contributed by atoms with van der Waals surface area (Å²) in [7, 11) is 0. The van der Waals surface area contributed by atoms with Crippen molar-refractivity contribution in [3.8, 4) is 0 Å². The number of benzene rings is 1. The van der Waals surface area contributed by atoms with Crippen LogP contribution in [-0.4, -0.2) is 34.7 Å². The van der Waals surface area contributed by atoms with Crippen molar-refractivity contribution in [1.82, 2.24) is 9.88 Å². The van der Waals surface area contributed by atoms with E-state index < -0.39 is 17.7 Å². The Labute approximate surface area is 160 Å². The van der Waals surface area contributed by atoms with E-state index in [0.29, 0.717) is 25.1 Å². The summed E-state index contributed by atoms with van der Waals surface area (Å²) in [5.74, 6) is -0.867. The Morgan fingerprint density at radius 2 is 1.86 bits per heavy atom. The van der Waals surface area contributed by atoms with Crippen LogP contribution >= 0.6 is 0 Å². The molecule has 1 saturated heterocycles. The fraction of sp³-hybridized carbons (Fsp3) is 0.286. The van der Waals surface area contributed by atoms with Gasteiger partial charge < -0.3 is 4.90 Å². The number of hydrogen-bond donors (Lipinski definition) is 0. The lowest BCUT2D eigenvalue weighted by molar-refractivity contribution is -0.137. The fourth-order valence-electron chi connectivity index (χ4n) is 3.19. The second-order valence-corrected chi connectivity index (χ2v) is 6.65. The number of alkyl halides is 3. The molecule has 4 nitrogen and oxygen atoms in total. The first-order valence-corrected chi connectivity index (χ1v) is 8.94. The van der Waals surface area contributed by atoms with Gasteiger partial charge >= 0.3 is 6.18 Å². The van der Waals surface area contributed by atoms with Gasteiger partial charge in [-0.2, -0.15) is 13.2 Å². The molecular weight excluding hydrogens is 369 g/mol. The molecule has 0 saturated carbocycles. The van der Waals surface area contributed by atoms with Crippen molar-refractivity contribution in [2.75, 3.05) is 13.1 Å². The zero-order valence-electron chi connectivity index (χ0n) is 15.0. The summed E-state index contributed by atoms with van der Waals surface area (Å²) in [6, 6.07) is 9.60. The zero-order valence-corrected chi connectivity index (χ0v) is 15.0. The summed E-state index contributed by atoms with van der Waals surface area (Å²) < 4.78 is 38.0. The smallest absolute Gasteiger partial charge is 0.338 e. The number of hydrogen-bond acceptors (Lipinski definition) is 3. The van der Waals surface area contributed by atoms with E-state index in [1.54, 1.807) is 29.3 Å². The first-order valence-electron chi connectivity index (χ1n) is 8.94. The van der Waals surface area contributed by atoms with Gasteiger partial charge in [0, 0.05) is 36.8 Å². The molecular formula is C21H19F3N2O2. The average Bonchev–Trinajstić information content (AvgIpc) is 2.72. The molecule has 0 N–H and O–H groups in total. The number of likely N-dealkylation sites (tertiary alicyclic amines) is 1. The summed E-state index contributed by atoms with van der Waals surface area (Å²) in [5.41, 5.74) is 0.103. The molecule has 0 radical (unpaired) electrons. The fourth-order valence-corrected chi connectivity index (χ4v) is 3.19. The normalized spacial score (nSPS) is 17.7. The van der Waals surface area contributed by atoms with Gasteiger partial charge in [0.2, 0.25) is 5.91 Å². The molecule has 146 valence electrons. The Morgan fingerprint density at radius 1 is 1.11 bits per heavy atom.